The summed E-state index contributed by atoms with van der Waals surface area (Å²) >= 11 is 0. The fourth-order valence-electron chi connectivity index (χ4n) is 0.249. The molecular formula is C3H3N3O+2. The largest absolute Gasteiger partial charge is 0.459 e. The topological polar surface area (TPSA) is 57.3 Å². The number of rotatable bonds is 0. The van der Waals surface area contributed by atoms with Crippen LogP contribution in [0.1, 0.15) is 0 Å². The summed E-state index contributed by atoms with van der Waals surface area (Å²) in [5.41, 5.74) is 0. The molecule has 0 radical (unpaired) electrons. The number of nitrogens with one attached hydrogen (secondary N) is 1. The van der Waals surface area contributed by atoms with Gasteiger partial charge in [0.1, 0.15) is 0 Å². The third-order valence-electron chi connectivity index (χ3n) is 0.506. The number of nitrogens with zero attached hydrogens (tertiary/aromatic N) is 2. The van der Waals surface area contributed by atoms with E-state index in [1.165, 1.54) is 6.34 Å². The van der Waals surface area contributed by atoms with Crippen molar-refractivity contribution in [2.45, 2.75) is 0 Å². The lowest BCUT2D eigenvalue weighted by atomic mass is 10.7. The molecule has 0 aromatic carbocycles. The molecule has 34 valence electrons. The number of amides is 1. The highest BCUT2D eigenvalue weighted by Gasteiger charge is 2.11. The van der Waals surface area contributed by atoms with Crippen LogP contribution in [-0.4, -0.2) is 28.0 Å². The molecule has 1 aliphatic rings. The first-order valence-corrected chi connectivity index (χ1v) is 1.75. The van der Waals surface area contributed by atoms with Crippen molar-refractivity contribution in [3.63, 3.8) is 0 Å². The zero-order chi connectivity index (χ0) is 5.11. The lowest BCUT2D eigenvalue weighted by molar-refractivity contribution is -0.544. The van der Waals surface area contributed by atoms with Crippen molar-refractivity contribution in [1.29, 1.82) is 0 Å². The van der Waals surface area contributed by atoms with Gasteiger partial charge in [-0.05, 0) is 0 Å². The maximum absolute atomic E-state index is 10.1. The predicted octanol–water partition coefficient (Wildman–Crippen LogP) is -1.92. The highest BCUT2D eigenvalue weighted by Crippen LogP contribution is 1.49. The molecule has 0 saturated carbocycles. The van der Waals surface area contributed by atoms with Crippen molar-refractivity contribution >= 4 is 18.5 Å². The van der Waals surface area contributed by atoms with Crippen LogP contribution in [0.4, 0.5) is 0 Å². The van der Waals surface area contributed by atoms with Crippen molar-refractivity contribution in [3.8, 4) is 0 Å². The highest BCUT2D eigenvalue weighted by atomic mass is 16.1. The Morgan fingerprint density at radius 1 is 1.57 bits per heavy atom. The van der Waals surface area contributed by atoms with Crippen LogP contribution in [0.3, 0.4) is 0 Å². The van der Waals surface area contributed by atoms with Gasteiger partial charge in [0.05, 0.1) is 0 Å². The Morgan fingerprint density at radius 2 is 2.43 bits per heavy atom. The van der Waals surface area contributed by atoms with Crippen LogP contribution in [0.15, 0.2) is 0 Å². The van der Waals surface area contributed by atoms with E-state index in [9.17, 15) is 4.79 Å². The van der Waals surface area contributed by atoms with Gasteiger partial charge in [0.15, 0.2) is 4.79 Å². The fourth-order valence-corrected chi connectivity index (χ4v) is 0.249. The molecule has 0 unspecified atom stereocenters. The van der Waals surface area contributed by atoms with Gasteiger partial charge in [0.25, 0.3) is 0 Å². The van der Waals surface area contributed by atoms with E-state index in [-0.39, 0.29) is 5.91 Å². The van der Waals surface area contributed by atoms with E-state index in [1.807, 2.05) is 0 Å². The minimum absolute atomic E-state index is 0.227. The van der Waals surface area contributed by atoms with Crippen LogP contribution in [0.2, 0.25) is 0 Å². The third-order valence-corrected chi connectivity index (χ3v) is 0.506. The van der Waals surface area contributed by atoms with E-state index in [2.05, 4.69) is 14.9 Å². The van der Waals surface area contributed by atoms with Gasteiger partial charge in [-0.15, -0.1) is 0 Å². The second-order valence-corrected chi connectivity index (χ2v) is 0.998. The Hall–Kier alpha value is -1.37. The van der Waals surface area contributed by atoms with Crippen LogP contribution >= 0.6 is 0 Å². The lowest BCUT2D eigenvalue weighted by Gasteiger charge is -1.66. The monoisotopic (exact) mass is 97.0 g/mol. The van der Waals surface area contributed by atoms with E-state index in [1.54, 1.807) is 0 Å². The minimum atomic E-state index is -0.227. The third kappa shape index (κ3) is 0.729. The first kappa shape index (κ1) is 3.81. The van der Waals surface area contributed by atoms with Crippen molar-refractivity contribution in [2.75, 3.05) is 0 Å². The molecule has 0 aromatic rings. The molecule has 0 aromatic heterocycles. The van der Waals surface area contributed by atoms with Gasteiger partial charge in [-0.25, -0.2) is 4.79 Å². The molecular weight excluding hydrogens is 94.1 g/mol. The normalized spacial score (nSPS) is 14.6. The lowest BCUT2D eigenvalue weighted by Crippen LogP contribution is -2.26. The Bertz CT molecular complexity index is 182. The first-order chi connectivity index (χ1) is 3.39. The van der Waals surface area contributed by atoms with E-state index >= 15 is 0 Å². The second-order valence-electron chi connectivity index (χ2n) is 0.998. The zero-order valence-corrected chi connectivity index (χ0v) is 3.46. The second kappa shape index (κ2) is 1.39. The molecule has 1 rings (SSSR count). The molecule has 4 nitrogen and oxygen atoms in total. The molecule has 0 fully saturated rings. The van der Waals surface area contributed by atoms with Crippen molar-refractivity contribution in [1.82, 2.24) is 5.32 Å². The molecule has 0 spiro atoms. The first-order valence-electron chi connectivity index (χ1n) is 1.75. The molecule has 1 aliphatic heterocycles. The quantitative estimate of drug-likeness (QED) is 0.352. The summed E-state index contributed by atoms with van der Waals surface area (Å²) in [5, 5.41) is 2.30. The van der Waals surface area contributed by atoms with Gasteiger partial charge in [0.2, 0.25) is 4.79 Å². The van der Waals surface area contributed by atoms with E-state index in [0.717, 1.165) is 6.21 Å². The molecule has 1 amide bonds. The number of hydrogen-bond donors (Lipinski definition) is 1. The Morgan fingerprint density at radius 3 is 2.71 bits per heavy atom. The molecule has 7 heavy (non-hydrogen) atoms. The highest BCUT2D eigenvalue weighted by molar-refractivity contribution is 6.26. The van der Waals surface area contributed by atoms with Gasteiger partial charge in [-0.3, -0.25) is 0 Å². The van der Waals surface area contributed by atoms with Crippen molar-refractivity contribution in [3.05, 3.63) is 0 Å². The van der Waals surface area contributed by atoms with Gasteiger partial charge < -0.3 is 0 Å². The maximum Gasteiger partial charge on any atom is 0.459 e. The van der Waals surface area contributed by atoms with Crippen LogP contribution < -0.4 is 5.32 Å². The summed E-state index contributed by atoms with van der Waals surface area (Å²) in [4.78, 5) is 16.7. The summed E-state index contributed by atoms with van der Waals surface area (Å²) in [6, 6.07) is 0. The number of carbonyl (C=O) groups is 1. The van der Waals surface area contributed by atoms with Crippen LogP contribution in [0.25, 0.3) is 0 Å². The predicted molar refractivity (Wildman–Crippen MR) is 20.8 cm³/mol. The average molecular weight is 97.1 g/mol. The summed E-state index contributed by atoms with van der Waals surface area (Å²) in [5.74, 6) is -0.227. The van der Waals surface area contributed by atoms with Crippen LogP contribution in [-0.2, 0) is 4.79 Å². The smallest absolute Gasteiger partial charge is 0.233 e. The standard InChI is InChI=1S/C3H2N3O/c7-3-1-5-6-2-4-3/h1-2H/q+1/p+1. The summed E-state index contributed by atoms with van der Waals surface area (Å²) < 4.78 is 0. The summed E-state index contributed by atoms with van der Waals surface area (Å²) in [6.07, 6.45) is 2.35. The Kier molecular flexibility index (Phi) is 0.755. The molecule has 1 N–H and O–H groups in total. The van der Waals surface area contributed by atoms with Crippen LogP contribution in [0, 0.1) is 0 Å². The fraction of sp³-hybridized carbons (Fsp3) is 0. The van der Waals surface area contributed by atoms with Crippen molar-refractivity contribution in [2.24, 2.45) is 0 Å². The van der Waals surface area contributed by atoms with Gasteiger partial charge in [-0.2, -0.15) is 5.32 Å². The molecule has 0 aliphatic carbocycles. The Balaban J connectivity index is 2.99. The Labute approximate surface area is 39.3 Å². The molecule has 0 saturated heterocycles. The SMILES string of the molecule is O=C1C=[N+]=[N+]=CN1. The number of hydrogen-bond acceptors (Lipinski definition) is 1. The zero-order valence-electron chi connectivity index (χ0n) is 3.46. The summed E-state index contributed by atoms with van der Waals surface area (Å²) in [6.45, 7) is 0. The molecule has 0 atom stereocenters. The maximum atomic E-state index is 10.1. The molecule has 4 heteroatoms. The van der Waals surface area contributed by atoms with Gasteiger partial charge >= 0.3 is 18.5 Å². The number of carbonyl (C=O) groups excluding carboxylic acids is 1. The van der Waals surface area contributed by atoms with E-state index < -0.39 is 0 Å². The van der Waals surface area contributed by atoms with E-state index in [0.29, 0.717) is 0 Å². The van der Waals surface area contributed by atoms with E-state index in [4.69, 9.17) is 0 Å². The summed E-state index contributed by atoms with van der Waals surface area (Å²) in [7, 11) is 0. The van der Waals surface area contributed by atoms with Gasteiger partial charge in [0, 0.05) is 0 Å². The van der Waals surface area contributed by atoms with Crippen molar-refractivity contribution < 1.29 is 14.4 Å². The molecule has 0 bridgehead atoms. The molecule has 1 heterocycles. The van der Waals surface area contributed by atoms with Gasteiger partial charge in [-0.1, -0.05) is 0 Å². The average Bonchev–Trinajstić information content (AvgIpc) is 1.69. The van der Waals surface area contributed by atoms with Crippen LogP contribution in [0.5, 0.6) is 0 Å². The minimum Gasteiger partial charge on any atom is -0.233 e.